The van der Waals surface area contributed by atoms with E-state index in [2.05, 4.69) is 10.1 Å². The second kappa shape index (κ2) is 9.00. The molecule has 1 spiro atoms. The normalized spacial score (nSPS) is 20.4. The van der Waals surface area contributed by atoms with Crippen LogP contribution in [0.1, 0.15) is 49.0 Å². The van der Waals surface area contributed by atoms with E-state index in [0.717, 1.165) is 29.1 Å². The maximum absolute atomic E-state index is 13.8. The van der Waals surface area contributed by atoms with Crippen molar-refractivity contribution < 1.29 is 27.5 Å². The zero-order valence-electron chi connectivity index (χ0n) is 20.1. The molecule has 1 amide bonds. The van der Waals surface area contributed by atoms with Gasteiger partial charge in [-0.25, -0.2) is 18.2 Å². The molecule has 0 N–H and O–H groups in total. The van der Waals surface area contributed by atoms with Crippen LogP contribution in [0.5, 0.6) is 5.75 Å². The lowest BCUT2D eigenvalue weighted by molar-refractivity contribution is -0.164. The SMILES string of the molecule is COc1cc(C2=NOC3(CCCN(C(C)c4cc(F)c(F)c(F)c4)C3=O)C2)ccc1-n1cnc(C)c1. The Labute approximate surface area is 206 Å². The minimum Gasteiger partial charge on any atom is -0.495 e. The Balaban J connectivity index is 1.38. The molecule has 0 aliphatic carbocycles. The number of amides is 1. The molecule has 0 saturated carbocycles. The maximum Gasteiger partial charge on any atom is 0.270 e. The molecule has 188 valence electrons. The molecule has 10 heteroatoms. The molecule has 7 nitrogen and oxygen atoms in total. The van der Waals surface area contributed by atoms with E-state index in [-0.39, 0.29) is 17.9 Å². The molecule has 3 heterocycles. The van der Waals surface area contributed by atoms with Crippen LogP contribution >= 0.6 is 0 Å². The van der Waals surface area contributed by atoms with Gasteiger partial charge in [0.25, 0.3) is 5.91 Å². The first-order valence-electron chi connectivity index (χ1n) is 11.6. The second-order valence-corrected chi connectivity index (χ2v) is 9.19. The molecule has 1 saturated heterocycles. The molecule has 2 aliphatic heterocycles. The van der Waals surface area contributed by atoms with Crippen LogP contribution in [-0.4, -0.2) is 45.3 Å². The number of piperidine rings is 1. The third-order valence-corrected chi connectivity index (χ3v) is 6.87. The lowest BCUT2D eigenvalue weighted by Gasteiger charge is -2.40. The number of methoxy groups -OCH3 is 1. The number of carbonyl (C=O) groups is 1. The Hall–Kier alpha value is -3.82. The molecule has 0 radical (unpaired) electrons. The van der Waals surface area contributed by atoms with E-state index < -0.39 is 29.1 Å². The summed E-state index contributed by atoms with van der Waals surface area (Å²) in [4.78, 5) is 25.1. The molecule has 1 aromatic heterocycles. The average Bonchev–Trinajstić information content (AvgIpc) is 3.50. The van der Waals surface area contributed by atoms with E-state index in [9.17, 15) is 18.0 Å². The van der Waals surface area contributed by atoms with Crippen molar-refractivity contribution in [3.05, 3.63) is 77.1 Å². The number of likely N-dealkylation sites (tertiary alicyclic amines) is 1. The van der Waals surface area contributed by atoms with Gasteiger partial charge in [0.05, 0.1) is 36.6 Å². The van der Waals surface area contributed by atoms with Crippen molar-refractivity contribution in [2.45, 2.75) is 44.8 Å². The predicted molar refractivity (Wildman–Crippen MR) is 126 cm³/mol. The van der Waals surface area contributed by atoms with Crippen molar-refractivity contribution >= 4 is 11.6 Å². The number of imidazole rings is 1. The van der Waals surface area contributed by atoms with E-state index in [1.165, 1.54) is 4.90 Å². The van der Waals surface area contributed by atoms with Crippen LogP contribution in [0.15, 0.2) is 48.0 Å². The van der Waals surface area contributed by atoms with E-state index >= 15 is 0 Å². The van der Waals surface area contributed by atoms with Gasteiger partial charge in [0.15, 0.2) is 17.5 Å². The molecule has 0 bridgehead atoms. The van der Waals surface area contributed by atoms with Crippen LogP contribution < -0.4 is 4.74 Å². The maximum atomic E-state index is 13.8. The Morgan fingerprint density at radius 1 is 1.17 bits per heavy atom. The third kappa shape index (κ3) is 4.00. The Bertz CT molecular complexity index is 1350. The standard InChI is InChI=1S/C26H25F3N4O3/c1-15-13-32(14-30-15)22-6-5-17(11-23(22)35-3)21-12-26(36-31-21)7-4-8-33(25(26)34)16(2)18-9-19(27)24(29)20(28)10-18/h5-6,9-11,13-14,16H,4,7-8,12H2,1-3H3. The molecule has 1 fully saturated rings. The van der Waals surface area contributed by atoms with Crippen molar-refractivity contribution in [1.29, 1.82) is 0 Å². The summed E-state index contributed by atoms with van der Waals surface area (Å²) in [5.74, 6) is -3.82. The van der Waals surface area contributed by atoms with Crippen molar-refractivity contribution in [3.63, 3.8) is 0 Å². The fourth-order valence-corrected chi connectivity index (χ4v) is 4.88. The highest BCUT2D eigenvalue weighted by Gasteiger charge is 2.51. The number of ether oxygens (including phenoxy) is 1. The number of oxime groups is 1. The first-order chi connectivity index (χ1) is 17.2. The van der Waals surface area contributed by atoms with E-state index in [1.807, 2.05) is 35.9 Å². The van der Waals surface area contributed by atoms with Gasteiger partial charge in [-0.3, -0.25) is 4.79 Å². The van der Waals surface area contributed by atoms with Gasteiger partial charge >= 0.3 is 0 Å². The number of rotatable bonds is 5. The quantitative estimate of drug-likeness (QED) is 0.472. The van der Waals surface area contributed by atoms with E-state index in [1.54, 1.807) is 20.4 Å². The molecule has 36 heavy (non-hydrogen) atoms. The number of halogens is 3. The lowest BCUT2D eigenvalue weighted by atomic mass is 9.84. The molecule has 5 rings (SSSR count). The zero-order chi connectivity index (χ0) is 25.6. The zero-order valence-corrected chi connectivity index (χ0v) is 20.1. The summed E-state index contributed by atoms with van der Waals surface area (Å²) in [5, 5.41) is 4.25. The molecule has 2 atom stereocenters. The van der Waals surface area contributed by atoms with Gasteiger partial charge in [-0.2, -0.15) is 0 Å². The van der Waals surface area contributed by atoms with Gasteiger partial charge in [-0.15, -0.1) is 0 Å². The van der Waals surface area contributed by atoms with Gasteiger partial charge in [0.1, 0.15) is 5.75 Å². The number of carbonyl (C=O) groups excluding carboxylic acids is 1. The summed E-state index contributed by atoms with van der Waals surface area (Å²) < 4.78 is 48.5. The molecule has 3 aromatic rings. The van der Waals surface area contributed by atoms with Gasteiger partial charge < -0.3 is 19.0 Å². The molecule has 2 aromatic carbocycles. The summed E-state index contributed by atoms with van der Waals surface area (Å²) in [6, 6.07) is 6.77. The van der Waals surface area contributed by atoms with Crippen LogP contribution in [0.4, 0.5) is 13.2 Å². The van der Waals surface area contributed by atoms with Crippen LogP contribution in [0, 0.1) is 24.4 Å². The van der Waals surface area contributed by atoms with Crippen LogP contribution in [0.3, 0.4) is 0 Å². The number of benzene rings is 2. The fourth-order valence-electron chi connectivity index (χ4n) is 4.88. The van der Waals surface area contributed by atoms with Gasteiger partial charge in [0.2, 0.25) is 5.60 Å². The Morgan fingerprint density at radius 2 is 1.92 bits per heavy atom. The highest BCUT2D eigenvalue weighted by Crippen LogP contribution is 2.40. The minimum absolute atomic E-state index is 0.172. The predicted octanol–water partition coefficient (Wildman–Crippen LogP) is 4.85. The highest BCUT2D eigenvalue weighted by atomic mass is 19.2. The van der Waals surface area contributed by atoms with Crippen LogP contribution in [-0.2, 0) is 9.63 Å². The van der Waals surface area contributed by atoms with Crippen LogP contribution in [0.2, 0.25) is 0 Å². The summed E-state index contributed by atoms with van der Waals surface area (Å²) in [6.07, 6.45) is 4.91. The molecule has 2 unspecified atom stereocenters. The summed E-state index contributed by atoms with van der Waals surface area (Å²) in [6.45, 7) is 3.94. The van der Waals surface area contributed by atoms with Crippen molar-refractivity contribution in [1.82, 2.24) is 14.5 Å². The number of aryl methyl sites for hydroxylation is 1. The third-order valence-electron chi connectivity index (χ3n) is 6.87. The fraction of sp³-hybridized carbons (Fsp3) is 0.346. The molecular weight excluding hydrogens is 473 g/mol. The topological polar surface area (TPSA) is 69.0 Å². The molecule has 2 aliphatic rings. The monoisotopic (exact) mass is 498 g/mol. The van der Waals surface area contributed by atoms with E-state index in [4.69, 9.17) is 9.57 Å². The van der Waals surface area contributed by atoms with Crippen molar-refractivity contribution in [3.8, 4) is 11.4 Å². The average molecular weight is 499 g/mol. The van der Waals surface area contributed by atoms with Gasteiger partial charge in [-0.1, -0.05) is 11.2 Å². The van der Waals surface area contributed by atoms with E-state index in [0.29, 0.717) is 30.8 Å². The molecular formula is C26H25F3N4O3. The summed E-state index contributed by atoms with van der Waals surface area (Å²) in [7, 11) is 1.58. The smallest absolute Gasteiger partial charge is 0.270 e. The Morgan fingerprint density at radius 3 is 2.58 bits per heavy atom. The van der Waals surface area contributed by atoms with Crippen molar-refractivity contribution in [2.75, 3.05) is 13.7 Å². The van der Waals surface area contributed by atoms with Gasteiger partial charge in [0, 0.05) is 31.1 Å². The highest BCUT2D eigenvalue weighted by molar-refractivity contribution is 6.06. The lowest BCUT2D eigenvalue weighted by Crippen LogP contribution is -2.54. The van der Waals surface area contributed by atoms with Crippen LogP contribution in [0.25, 0.3) is 5.69 Å². The summed E-state index contributed by atoms with van der Waals surface area (Å²) in [5.41, 5.74) is 2.01. The van der Waals surface area contributed by atoms with Crippen molar-refractivity contribution in [2.24, 2.45) is 5.16 Å². The number of aromatic nitrogens is 2. The largest absolute Gasteiger partial charge is 0.495 e. The first kappa shape index (κ1) is 23.9. The summed E-state index contributed by atoms with van der Waals surface area (Å²) >= 11 is 0. The number of nitrogens with zero attached hydrogens (tertiary/aromatic N) is 4. The number of hydrogen-bond donors (Lipinski definition) is 0. The second-order valence-electron chi connectivity index (χ2n) is 9.19. The van der Waals surface area contributed by atoms with Gasteiger partial charge in [-0.05, 0) is 50.1 Å². The number of hydrogen-bond acceptors (Lipinski definition) is 5. The first-order valence-corrected chi connectivity index (χ1v) is 11.6. The minimum atomic E-state index is -1.53. The Kier molecular flexibility index (Phi) is 5.97.